The largest absolute Gasteiger partial charge is 0.458 e. The molecule has 2 aliphatic rings. The number of hydrogen-bond donors (Lipinski definition) is 2. The van der Waals surface area contributed by atoms with Crippen molar-refractivity contribution in [2.75, 3.05) is 0 Å². The summed E-state index contributed by atoms with van der Waals surface area (Å²) in [6.45, 7) is 5.31. The lowest BCUT2D eigenvalue weighted by Gasteiger charge is -2.42. The maximum atomic E-state index is 12.2. The van der Waals surface area contributed by atoms with Crippen molar-refractivity contribution in [2.45, 2.75) is 58.3 Å². The van der Waals surface area contributed by atoms with E-state index in [0.29, 0.717) is 18.3 Å². The molecule has 1 aliphatic carbocycles. The monoisotopic (exact) mass is 309 g/mol. The first kappa shape index (κ1) is 16.7. The summed E-state index contributed by atoms with van der Waals surface area (Å²) >= 11 is 0. The molecule has 22 heavy (non-hydrogen) atoms. The SMILES string of the molecule is CC1=C(CC(=O)NC(C)C=O)C(=O)OC2C1CCC(O)C2C. The third-order valence-electron chi connectivity index (χ3n) is 4.75. The molecule has 0 saturated heterocycles. The predicted molar refractivity (Wildman–Crippen MR) is 78.8 cm³/mol. The van der Waals surface area contributed by atoms with E-state index in [1.165, 1.54) is 0 Å². The number of nitrogens with one attached hydrogen (secondary N) is 1. The minimum absolute atomic E-state index is 0.0578. The van der Waals surface area contributed by atoms with Crippen LogP contribution in [-0.4, -0.2) is 41.5 Å². The lowest BCUT2D eigenvalue weighted by molar-refractivity contribution is -0.159. The first-order valence-electron chi connectivity index (χ1n) is 7.68. The average Bonchev–Trinajstić information content (AvgIpc) is 2.47. The van der Waals surface area contributed by atoms with Gasteiger partial charge in [-0.3, -0.25) is 4.79 Å². The molecule has 6 heteroatoms. The molecule has 122 valence electrons. The zero-order valence-electron chi connectivity index (χ0n) is 13.2. The van der Waals surface area contributed by atoms with Crippen LogP contribution in [0.4, 0.5) is 0 Å². The number of ether oxygens (including phenoxy) is 1. The van der Waals surface area contributed by atoms with Crippen LogP contribution in [0.15, 0.2) is 11.1 Å². The van der Waals surface area contributed by atoms with Crippen molar-refractivity contribution < 1.29 is 24.2 Å². The normalized spacial score (nSPS) is 32.8. The van der Waals surface area contributed by atoms with Gasteiger partial charge in [-0.2, -0.15) is 0 Å². The molecule has 0 spiro atoms. The van der Waals surface area contributed by atoms with Crippen molar-refractivity contribution >= 4 is 18.2 Å². The third kappa shape index (κ3) is 3.21. The minimum Gasteiger partial charge on any atom is -0.458 e. The molecule has 5 atom stereocenters. The van der Waals surface area contributed by atoms with Crippen molar-refractivity contribution in [3.63, 3.8) is 0 Å². The number of aliphatic hydroxyl groups excluding tert-OH is 1. The molecular formula is C16H23NO5. The van der Waals surface area contributed by atoms with E-state index in [-0.39, 0.29) is 30.3 Å². The highest BCUT2D eigenvalue weighted by Gasteiger charge is 2.44. The number of hydrogen-bond acceptors (Lipinski definition) is 5. The Morgan fingerprint density at radius 2 is 2.18 bits per heavy atom. The summed E-state index contributed by atoms with van der Waals surface area (Å²) < 4.78 is 5.48. The van der Waals surface area contributed by atoms with Crippen LogP contribution in [0.1, 0.15) is 40.0 Å². The number of esters is 1. The van der Waals surface area contributed by atoms with Crippen molar-refractivity contribution in [3.8, 4) is 0 Å². The fraction of sp³-hybridized carbons (Fsp3) is 0.688. The summed E-state index contributed by atoms with van der Waals surface area (Å²) in [5, 5.41) is 12.4. The fourth-order valence-electron chi connectivity index (χ4n) is 3.31. The second-order valence-corrected chi connectivity index (χ2v) is 6.31. The van der Waals surface area contributed by atoms with Gasteiger partial charge in [0.05, 0.1) is 18.6 Å². The highest BCUT2D eigenvalue weighted by atomic mass is 16.5. The van der Waals surface area contributed by atoms with Gasteiger partial charge >= 0.3 is 5.97 Å². The van der Waals surface area contributed by atoms with E-state index in [1.807, 2.05) is 13.8 Å². The van der Waals surface area contributed by atoms with Crippen LogP contribution in [0, 0.1) is 11.8 Å². The first-order valence-corrected chi connectivity index (χ1v) is 7.68. The van der Waals surface area contributed by atoms with Gasteiger partial charge in [0.1, 0.15) is 12.4 Å². The predicted octanol–water partition coefficient (Wildman–Crippen LogP) is 0.729. The van der Waals surface area contributed by atoms with Crippen LogP contribution in [0.2, 0.25) is 0 Å². The van der Waals surface area contributed by atoms with Gasteiger partial charge in [0.15, 0.2) is 0 Å². The summed E-state index contributed by atoms with van der Waals surface area (Å²) in [6, 6.07) is -0.578. The van der Waals surface area contributed by atoms with Crippen LogP contribution >= 0.6 is 0 Å². The van der Waals surface area contributed by atoms with Gasteiger partial charge in [0, 0.05) is 17.4 Å². The number of carbonyl (C=O) groups is 3. The molecule has 1 amide bonds. The van der Waals surface area contributed by atoms with Crippen LogP contribution in [0.3, 0.4) is 0 Å². The Balaban J connectivity index is 2.16. The average molecular weight is 309 g/mol. The molecule has 0 aromatic rings. The third-order valence-corrected chi connectivity index (χ3v) is 4.75. The smallest absolute Gasteiger partial charge is 0.334 e. The summed E-state index contributed by atoms with van der Waals surface area (Å²) in [7, 11) is 0. The summed E-state index contributed by atoms with van der Waals surface area (Å²) in [5.41, 5.74) is 1.24. The number of aliphatic hydroxyl groups is 1. The molecule has 0 aromatic carbocycles. The lowest BCUT2D eigenvalue weighted by Crippen LogP contribution is -2.47. The maximum absolute atomic E-state index is 12.2. The molecule has 1 saturated carbocycles. The van der Waals surface area contributed by atoms with E-state index in [4.69, 9.17) is 4.74 Å². The van der Waals surface area contributed by atoms with Gasteiger partial charge in [-0.25, -0.2) is 4.79 Å². The summed E-state index contributed by atoms with van der Waals surface area (Å²) in [4.78, 5) is 34.7. The van der Waals surface area contributed by atoms with E-state index in [0.717, 1.165) is 12.0 Å². The van der Waals surface area contributed by atoms with E-state index < -0.39 is 18.1 Å². The van der Waals surface area contributed by atoms with Crippen LogP contribution in [0.25, 0.3) is 0 Å². The second kappa shape index (κ2) is 6.60. The van der Waals surface area contributed by atoms with E-state index in [9.17, 15) is 19.5 Å². The molecule has 1 aliphatic heterocycles. The number of aldehydes is 1. The van der Waals surface area contributed by atoms with Crippen molar-refractivity contribution in [2.24, 2.45) is 11.8 Å². The standard InChI is InChI=1S/C16H23NO5/c1-8(7-18)17-14(20)6-12-9(2)11-4-5-13(19)10(3)15(11)22-16(12)21/h7-8,10-11,13,15,19H,4-6H2,1-3H3,(H,17,20). The maximum Gasteiger partial charge on any atom is 0.334 e. The Morgan fingerprint density at radius 3 is 2.82 bits per heavy atom. The summed E-state index contributed by atoms with van der Waals surface area (Å²) in [5.74, 6) is -0.910. The van der Waals surface area contributed by atoms with Gasteiger partial charge < -0.3 is 20.0 Å². The van der Waals surface area contributed by atoms with Gasteiger partial charge in [-0.15, -0.1) is 0 Å². The first-order chi connectivity index (χ1) is 10.3. The van der Waals surface area contributed by atoms with Gasteiger partial charge in [-0.1, -0.05) is 12.5 Å². The molecule has 0 radical (unpaired) electrons. The Hall–Kier alpha value is -1.69. The zero-order valence-corrected chi connectivity index (χ0v) is 13.2. The fourth-order valence-corrected chi connectivity index (χ4v) is 3.31. The van der Waals surface area contributed by atoms with Crippen molar-refractivity contribution in [1.82, 2.24) is 5.32 Å². The van der Waals surface area contributed by atoms with Crippen molar-refractivity contribution in [3.05, 3.63) is 11.1 Å². The molecule has 1 fully saturated rings. The van der Waals surface area contributed by atoms with E-state index >= 15 is 0 Å². The van der Waals surface area contributed by atoms with Crippen LogP contribution in [-0.2, 0) is 19.1 Å². The van der Waals surface area contributed by atoms with E-state index in [1.54, 1.807) is 6.92 Å². The topological polar surface area (TPSA) is 92.7 Å². The number of fused-ring (bicyclic) bond motifs is 1. The van der Waals surface area contributed by atoms with Gasteiger partial charge in [-0.05, 0) is 26.7 Å². The molecule has 2 N–H and O–H groups in total. The van der Waals surface area contributed by atoms with Crippen LogP contribution < -0.4 is 5.32 Å². The molecule has 2 rings (SSSR count). The second-order valence-electron chi connectivity index (χ2n) is 6.31. The number of carbonyl (C=O) groups excluding carboxylic acids is 3. The summed E-state index contributed by atoms with van der Waals surface area (Å²) in [6.07, 6.45) is 1.18. The Kier molecular flexibility index (Phi) is 5.01. The van der Waals surface area contributed by atoms with E-state index in [2.05, 4.69) is 5.32 Å². The molecule has 1 heterocycles. The number of rotatable bonds is 4. The lowest BCUT2D eigenvalue weighted by atomic mass is 9.72. The Bertz CT molecular complexity index is 513. The Morgan fingerprint density at radius 1 is 1.50 bits per heavy atom. The highest BCUT2D eigenvalue weighted by molar-refractivity contribution is 5.97. The highest BCUT2D eigenvalue weighted by Crippen LogP contribution is 2.41. The molecule has 0 bridgehead atoms. The van der Waals surface area contributed by atoms with Crippen LogP contribution in [0.5, 0.6) is 0 Å². The Labute approximate surface area is 129 Å². The number of amides is 1. The van der Waals surface area contributed by atoms with Gasteiger partial charge in [0.25, 0.3) is 0 Å². The molecular weight excluding hydrogens is 286 g/mol. The van der Waals surface area contributed by atoms with Gasteiger partial charge in [0.2, 0.25) is 5.91 Å². The van der Waals surface area contributed by atoms with Crippen molar-refractivity contribution in [1.29, 1.82) is 0 Å². The minimum atomic E-state index is -0.578. The molecule has 6 nitrogen and oxygen atoms in total. The quantitative estimate of drug-likeness (QED) is 0.590. The molecule has 0 aromatic heterocycles. The molecule has 5 unspecified atom stereocenters. The zero-order chi connectivity index (χ0) is 16.4.